The molecule has 3 aliphatic heterocycles. The molecule has 3 aliphatic rings. The molecule has 1 fully saturated rings. The molecule has 3 aromatic carbocycles. The summed E-state index contributed by atoms with van der Waals surface area (Å²) in [5, 5.41) is 98.1. The Balaban J connectivity index is 1.25. The van der Waals surface area contributed by atoms with Gasteiger partial charge in [-0.1, -0.05) is 23.8 Å². The van der Waals surface area contributed by atoms with Crippen molar-refractivity contribution in [1.82, 2.24) is 5.32 Å². The Hall–Kier alpha value is -5.88. The zero-order chi connectivity index (χ0) is 47.5. The quantitative estimate of drug-likeness (QED) is 0.0242. The zero-order valence-corrected chi connectivity index (χ0v) is 35.9. The molecular weight excluding hydrogens is 867 g/mol. The van der Waals surface area contributed by atoms with Gasteiger partial charge in [0, 0.05) is 43.1 Å². The first kappa shape index (κ1) is 48.1. The van der Waals surface area contributed by atoms with E-state index in [1.165, 1.54) is 36.6 Å². The van der Waals surface area contributed by atoms with Gasteiger partial charge in [-0.05, 0) is 86.8 Å². The van der Waals surface area contributed by atoms with Gasteiger partial charge in [-0.25, -0.2) is 4.99 Å². The molecule has 4 aromatic rings. The number of esters is 1. The molecule has 0 radical (unpaired) electrons. The average Bonchev–Trinajstić information content (AvgIpc) is 3.88. The normalized spacial score (nSPS) is 23.8. The van der Waals surface area contributed by atoms with Crippen LogP contribution in [0.4, 0.5) is 0 Å². The second-order valence-electron chi connectivity index (χ2n) is 16.3. The van der Waals surface area contributed by atoms with Crippen molar-refractivity contribution in [3.63, 3.8) is 0 Å². The van der Waals surface area contributed by atoms with Gasteiger partial charge >= 0.3 is 11.9 Å². The number of carboxylic acids is 1. The van der Waals surface area contributed by atoms with Crippen molar-refractivity contribution in [2.24, 2.45) is 10.9 Å². The number of carbonyl (C=O) groups is 2. The van der Waals surface area contributed by atoms with Gasteiger partial charge in [-0.3, -0.25) is 19.7 Å². The topological polar surface area (TPSA) is 312 Å². The molecule has 7 rings (SSSR count). The molecule has 0 amide bonds. The summed E-state index contributed by atoms with van der Waals surface area (Å²) in [4.78, 5) is 50.6. The predicted molar refractivity (Wildman–Crippen MR) is 231 cm³/mol. The van der Waals surface area contributed by atoms with Gasteiger partial charge in [0.05, 0.1) is 10.9 Å². The summed E-state index contributed by atoms with van der Waals surface area (Å²) in [6.45, 7) is -0.202. The van der Waals surface area contributed by atoms with Crippen molar-refractivity contribution in [3.8, 4) is 22.6 Å². The van der Waals surface area contributed by atoms with Crippen LogP contribution in [0.5, 0.6) is 11.5 Å². The molecule has 0 spiro atoms. The van der Waals surface area contributed by atoms with Crippen LogP contribution >= 0.6 is 0 Å². The lowest BCUT2D eigenvalue weighted by molar-refractivity contribution is -1.04. The van der Waals surface area contributed by atoms with E-state index in [2.05, 4.69) is 10.3 Å². The number of aliphatic imine (C=N–C) groups is 1. The number of rotatable bonds is 19. The number of quaternary nitrogens is 1. The highest BCUT2D eigenvalue weighted by atomic mass is 16.8. The summed E-state index contributed by atoms with van der Waals surface area (Å²) < 4.78 is 23.3. The van der Waals surface area contributed by atoms with Gasteiger partial charge in [0.15, 0.2) is 23.1 Å². The van der Waals surface area contributed by atoms with Crippen LogP contribution in [0.2, 0.25) is 0 Å². The Kier molecular flexibility index (Phi) is 14.5. The van der Waals surface area contributed by atoms with E-state index < -0.39 is 85.1 Å². The number of hydroxylamine groups is 2. The van der Waals surface area contributed by atoms with Crippen LogP contribution in [0.1, 0.15) is 36.0 Å². The highest BCUT2D eigenvalue weighted by Crippen LogP contribution is 2.36. The summed E-state index contributed by atoms with van der Waals surface area (Å²) in [6.07, 6.45) is -4.23. The number of aromatic hydroxyl groups is 1. The molecule has 352 valence electrons. The van der Waals surface area contributed by atoms with Crippen molar-refractivity contribution in [2.75, 3.05) is 33.4 Å². The molecule has 1 saturated heterocycles. The smallest absolute Gasteiger partial charge is 0.327 e. The summed E-state index contributed by atoms with van der Waals surface area (Å²) in [5.41, 5.74) is 2.21. The number of hydrogen-bond donors (Lipinski definition) is 11. The number of carboxylic acid groups (broad SMARTS) is 1. The number of ether oxygens (including phenoxy) is 3. The number of fused-ring (bicyclic) bond motifs is 2. The predicted octanol–water partition coefficient (Wildman–Crippen LogP) is -0.592. The fourth-order valence-corrected chi connectivity index (χ4v) is 8.36. The molecule has 4 heterocycles. The van der Waals surface area contributed by atoms with Crippen LogP contribution in [0.25, 0.3) is 27.8 Å². The zero-order valence-electron chi connectivity index (χ0n) is 35.9. The Morgan fingerprint density at radius 3 is 2.42 bits per heavy atom. The minimum Gasteiger partial charge on any atom is -0.508 e. The number of carbonyl (C=O) groups excluding carboxylic acids is 1. The second kappa shape index (κ2) is 19.9. The summed E-state index contributed by atoms with van der Waals surface area (Å²) in [5.74, 6) is -9.68. The number of phenols is 1. The van der Waals surface area contributed by atoms with Crippen LogP contribution in [0.3, 0.4) is 0 Å². The second-order valence-corrected chi connectivity index (χ2v) is 16.3. The summed E-state index contributed by atoms with van der Waals surface area (Å²) >= 11 is 0. The molecule has 0 aliphatic carbocycles. The number of hydrogen-bond acceptors (Lipinski definition) is 18. The minimum atomic E-state index is -3.33. The average molecular weight is 919 g/mol. The van der Waals surface area contributed by atoms with E-state index in [4.69, 9.17) is 23.5 Å². The number of phenolic OH excluding ortho intramolecular Hbond substituents is 1. The third kappa shape index (κ3) is 9.66. The molecule has 0 bridgehead atoms. The molecule has 1 aromatic heterocycles. The highest BCUT2D eigenvalue weighted by molar-refractivity contribution is 5.95. The van der Waals surface area contributed by atoms with Gasteiger partial charge in [-0.2, -0.15) is 9.90 Å². The van der Waals surface area contributed by atoms with Crippen LogP contribution < -0.4 is 20.5 Å². The minimum absolute atomic E-state index is 0.000799. The molecule has 1 unspecified atom stereocenters. The number of unbranched alkanes of at least 4 members (excludes halogenated alkanes) is 1. The maximum Gasteiger partial charge on any atom is 0.327 e. The first-order valence-corrected chi connectivity index (χ1v) is 21.1. The molecule has 9 atom stereocenters. The maximum absolute atomic E-state index is 13.6. The van der Waals surface area contributed by atoms with E-state index >= 15 is 0 Å². The number of aliphatic hydroxyl groups excluding tert-OH is 5. The third-order valence-corrected chi connectivity index (χ3v) is 11.8. The monoisotopic (exact) mass is 918 g/mol. The van der Waals surface area contributed by atoms with Crippen LogP contribution in [0, 0.1) is 12.8 Å². The number of allylic oxidation sites excluding steroid dienone is 1. The van der Waals surface area contributed by atoms with E-state index in [-0.39, 0.29) is 46.2 Å². The van der Waals surface area contributed by atoms with Crippen LogP contribution in [-0.2, 0) is 30.3 Å². The van der Waals surface area contributed by atoms with E-state index in [1.807, 2.05) is 25.1 Å². The van der Waals surface area contributed by atoms with E-state index in [0.717, 1.165) is 35.7 Å². The number of benzene rings is 3. The molecule has 20 nitrogen and oxygen atoms in total. The molecular formula is C46H52N3O17+. The Morgan fingerprint density at radius 2 is 1.74 bits per heavy atom. The van der Waals surface area contributed by atoms with E-state index in [1.54, 1.807) is 24.4 Å². The number of nitrogens with zero attached hydrogens (tertiary/aromatic N) is 1. The SMILES string of the molecule is CN[C@](O)(CCO)[C@@H](C(=O)O)C(=O)O[C@](O)(CO)[C@@H]1O[C@H](Oc2ccc3c(=O)c(-c4ccc(O)cc4)coc3c2)[C@@H](O[NH+]2CC3=CC=NC3=C2c2cc(C)cc(CCCCO)c2)[C@H](O)[C@H]1O. The van der Waals surface area contributed by atoms with Gasteiger partial charge in [-0.15, -0.1) is 0 Å². The standard InChI is InChI=1S/C46H51N3O17/c1-24-17-25(5-3-4-15-50)19-28(18-24)36-35-27(12-14-48-35)21-49(36)66-40-38(55)39(56)41(46(61,23-52)65-43(59)34(42(57)58)45(60,47-2)13-16-51)64-44(40)63-30-10-11-31-33(20-30)62-22-32(37(31)54)26-6-8-29(53)9-7-26/h6-12,14,17-20,22,34,38-41,44,47,50-53,55-56,60-61H,3-5,13,15-16,21,23H2,1-2H3,(H,57,58)/p+1/t34-,38+,39+,40-,41+,44-,45-,46+/m0/s1. The molecule has 66 heavy (non-hydrogen) atoms. The summed E-state index contributed by atoms with van der Waals surface area (Å²) in [7, 11) is 1.10. The number of aryl methyl sites for hydroxylation is 2. The first-order chi connectivity index (χ1) is 31.5. The fraction of sp³-hybridized carbons (Fsp3) is 0.391. The molecule has 0 saturated carbocycles. The summed E-state index contributed by atoms with van der Waals surface area (Å²) in [6, 6.07) is 15.9. The van der Waals surface area contributed by atoms with Crippen LogP contribution in [0.15, 0.2) is 98.5 Å². The number of aliphatic carboxylic acids is 1. The first-order valence-electron chi connectivity index (χ1n) is 21.1. The third-order valence-electron chi connectivity index (χ3n) is 11.8. The number of aliphatic hydroxyl groups is 7. The van der Waals surface area contributed by atoms with Gasteiger partial charge < -0.3 is 64.6 Å². The van der Waals surface area contributed by atoms with Crippen molar-refractivity contribution in [2.45, 2.75) is 74.8 Å². The van der Waals surface area contributed by atoms with Gasteiger partial charge in [0.2, 0.25) is 12.4 Å². The lowest BCUT2D eigenvalue weighted by Crippen LogP contribution is -3.08. The van der Waals surface area contributed by atoms with Crippen molar-refractivity contribution in [3.05, 3.63) is 111 Å². The highest BCUT2D eigenvalue weighted by Gasteiger charge is 2.60. The van der Waals surface area contributed by atoms with E-state index in [9.17, 15) is 60.3 Å². The molecule has 20 heteroatoms. The van der Waals surface area contributed by atoms with Gasteiger partial charge in [0.25, 0.3) is 5.79 Å². The molecule has 11 N–H and O–H groups in total. The van der Waals surface area contributed by atoms with Crippen molar-refractivity contribution < 1.29 is 84.1 Å². The van der Waals surface area contributed by atoms with E-state index in [0.29, 0.717) is 29.8 Å². The lowest BCUT2D eigenvalue weighted by atomic mass is 9.91. The largest absolute Gasteiger partial charge is 0.508 e. The fourth-order valence-electron chi connectivity index (χ4n) is 8.36. The Morgan fingerprint density at radius 1 is 0.985 bits per heavy atom. The van der Waals surface area contributed by atoms with Crippen LogP contribution in [-0.4, -0.2) is 140 Å². The van der Waals surface area contributed by atoms with Crippen molar-refractivity contribution in [1.29, 1.82) is 0 Å². The number of nitrogens with one attached hydrogen (secondary N) is 2. The Labute approximate surface area is 376 Å². The maximum atomic E-state index is 13.6. The Bertz CT molecular complexity index is 2600. The lowest BCUT2D eigenvalue weighted by Gasteiger charge is -2.46. The van der Waals surface area contributed by atoms with Gasteiger partial charge in [0.1, 0.15) is 60.1 Å². The van der Waals surface area contributed by atoms with Crippen molar-refractivity contribution >= 4 is 34.8 Å².